The molecule has 0 saturated carbocycles. The number of rotatable bonds is 5. The molecule has 2 atom stereocenters. The summed E-state index contributed by atoms with van der Waals surface area (Å²) in [6.07, 6.45) is -2.62. The first kappa shape index (κ1) is 21.4. The maximum absolute atomic E-state index is 13.8. The molecule has 3 aromatic rings. The van der Waals surface area contributed by atoms with Gasteiger partial charge in [0.2, 0.25) is 0 Å². The summed E-state index contributed by atoms with van der Waals surface area (Å²) >= 11 is 1.56. The maximum Gasteiger partial charge on any atom is 0.410 e. The number of aromatic nitrogens is 2. The molecule has 0 saturated heterocycles. The Kier molecular flexibility index (Phi) is 5.79. The number of aryl methyl sites for hydroxylation is 2. The molecule has 1 aromatic carbocycles. The fraction of sp³-hybridized carbons (Fsp3) is 0.364. The van der Waals surface area contributed by atoms with E-state index in [0.717, 1.165) is 32.0 Å². The Hall–Kier alpha value is -2.81. The second kappa shape index (κ2) is 8.37. The van der Waals surface area contributed by atoms with E-state index >= 15 is 0 Å². The Morgan fingerprint density at radius 2 is 2.00 bits per heavy atom. The van der Waals surface area contributed by atoms with Crippen LogP contribution in [0.2, 0.25) is 0 Å². The number of amides is 1. The van der Waals surface area contributed by atoms with Crippen molar-refractivity contribution in [1.29, 1.82) is 0 Å². The molecule has 0 aliphatic carbocycles. The summed E-state index contributed by atoms with van der Waals surface area (Å²) in [7, 11) is 0. The molecular weight excluding hydrogens is 425 g/mol. The molecule has 2 N–H and O–H groups in total. The molecule has 164 valence electrons. The minimum absolute atomic E-state index is 0.0954. The number of benzene rings is 1. The minimum atomic E-state index is -4.48. The number of thiophene rings is 1. The van der Waals surface area contributed by atoms with Crippen LogP contribution in [0, 0.1) is 6.92 Å². The zero-order chi connectivity index (χ0) is 22.2. The van der Waals surface area contributed by atoms with Crippen molar-refractivity contribution in [3.8, 4) is 0 Å². The highest BCUT2D eigenvalue weighted by atomic mass is 32.1. The average Bonchev–Trinajstić information content (AvgIpc) is 3.36. The van der Waals surface area contributed by atoms with Crippen LogP contribution in [0.4, 0.5) is 19.0 Å². The van der Waals surface area contributed by atoms with Gasteiger partial charge in [-0.3, -0.25) is 4.79 Å². The number of fused-ring (bicyclic) bond motifs is 1. The summed E-state index contributed by atoms with van der Waals surface area (Å²) in [6.45, 7) is 4.31. The third kappa shape index (κ3) is 4.46. The standard InChI is InChI=1S/C22H23F3N4OS/c1-3-14-5-7-15(8-6-14)18-10-19(22(23,24)25)29-20(28-18)17(12-27-29)21(30)26-11-16-9-4-13(2)31-16/h4-9,12,18-19,28H,3,10-11H2,1-2H3,(H,26,30)/t18-,19+/m1/s1. The number of anilines is 1. The molecule has 1 aliphatic heterocycles. The lowest BCUT2D eigenvalue weighted by atomic mass is 9.95. The van der Waals surface area contributed by atoms with Crippen LogP contribution in [0.25, 0.3) is 0 Å². The Morgan fingerprint density at radius 3 is 2.61 bits per heavy atom. The van der Waals surface area contributed by atoms with Gasteiger partial charge >= 0.3 is 6.18 Å². The fourth-order valence-corrected chi connectivity index (χ4v) is 4.61. The number of nitrogens with zero attached hydrogens (tertiary/aromatic N) is 2. The number of nitrogens with one attached hydrogen (secondary N) is 2. The van der Waals surface area contributed by atoms with E-state index in [1.165, 1.54) is 6.20 Å². The largest absolute Gasteiger partial charge is 0.410 e. The van der Waals surface area contributed by atoms with E-state index in [0.29, 0.717) is 6.54 Å². The van der Waals surface area contributed by atoms with Gasteiger partial charge < -0.3 is 10.6 Å². The SMILES string of the molecule is CCc1ccc([C@H]2C[C@@H](C(F)(F)F)n3ncc(C(=O)NCc4ccc(C)s4)c3N2)cc1. The van der Waals surface area contributed by atoms with Crippen molar-refractivity contribution in [1.82, 2.24) is 15.1 Å². The number of halogens is 3. The topological polar surface area (TPSA) is 59.0 Å². The monoisotopic (exact) mass is 448 g/mol. The van der Waals surface area contributed by atoms with Gasteiger partial charge in [0.05, 0.1) is 18.8 Å². The first-order valence-corrected chi connectivity index (χ1v) is 10.9. The van der Waals surface area contributed by atoms with E-state index in [1.54, 1.807) is 11.3 Å². The predicted molar refractivity (Wildman–Crippen MR) is 114 cm³/mol. The molecule has 3 heterocycles. The fourth-order valence-electron chi connectivity index (χ4n) is 3.78. The smallest absolute Gasteiger partial charge is 0.363 e. The van der Waals surface area contributed by atoms with Crippen LogP contribution >= 0.6 is 11.3 Å². The number of carbonyl (C=O) groups excluding carboxylic acids is 1. The van der Waals surface area contributed by atoms with Gasteiger partial charge in [-0.25, -0.2) is 4.68 Å². The second-order valence-corrected chi connectivity index (χ2v) is 9.00. The Morgan fingerprint density at radius 1 is 1.26 bits per heavy atom. The van der Waals surface area contributed by atoms with Crippen molar-refractivity contribution in [2.45, 2.75) is 51.5 Å². The molecular formula is C22H23F3N4OS. The van der Waals surface area contributed by atoms with Crippen LogP contribution in [0.15, 0.2) is 42.6 Å². The lowest BCUT2D eigenvalue weighted by Crippen LogP contribution is -2.36. The van der Waals surface area contributed by atoms with Gasteiger partial charge in [0.15, 0.2) is 6.04 Å². The quantitative estimate of drug-likeness (QED) is 0.549. The zero-order valence-electron chi connectivity index (χ0n) is 17.2. The zero-order valence-corrected chi connectivity index (χ0v) is 18.0. The van der Waals surface area contributed by atoms with Crippen molar-refractivity contribution in [3.05, 3.63) is 69.0 Å². The molecule has 31 heavy (non-hydrogen) atoms. The Bertz CT molecular complexity index is 1070. The number of alkyl halides is 3. The third-order valence-corrected chi connectivity index (χ3v) is 6.49. The summed E-state index contributed by atoms with van der Waals surface area (Å²) in [5.41, 5.74) is 1.97. The molecule has 1 amide bonds. The highest BCUT2D eigenvalue weighted by Gasteiger charge is 2.47. The van der Waals surface area contributed by atoms with Crippen molar-refractivity contribution >= 4 is 23.1 Å². The summed E-state index contributed by atoms with van der Waals surface area (Å²) in [5, 5.41) is 9.83. The maximum atomic E-state index is 13.8. The van der Waals surface area contributed by atoms with Gasteiger partial charge in [-0.05, 0) is 36.6 Å². The van der Waals surface area contributed by atoms with Crippen LogP contribution in [0.1, 0.15) is 56.7 Å². The number of hydrogen-bond donors (Lipinski definition) is 2. The molecule has 4 rings (SSSR count). The lowest BCUT2D eigenvalue weighted by molar-refractivity contribution is -0.173. The van der Waals surface area contributed by atoms with Crippen LogP contribution in [-0.4, -0.2) is 21.9 Å². The van der Waals surface area contributed by atoms with Gasteiger partial charge in [0, 0.05) is 16.2 Å². The van der Waals surface area contributed by atoms with Crippen LogP contribution < -0.4 is 10.6 Å². The van der Waals surface area contributed by atoms with Crippen molar-refractivity contribution in [3.63, 3.8) is 0 Å². The van der Waals surface area contributed by atoms with Crippen LogP contribution in [-0.2, 0) is 13.0 Å². The molecule has 1 aliphatic rings. The number of carbonyl (C=O) groups is 1. The molecule has 5 nitrogen and oxygen atoms in total. The van der Waals surface area contributed by atoms with Gasteiger partial charge in [0.1, 0.15) is 11.4 Å². The lowest BCUT2D eigenvalue weighted by Gasteiger charge is -2.34. The summed E-state index contributed by atoms with van der Waals surface area (Å²) < 4.78 is 42.4. The van der Waals surface area contributed by atoms with E-state index < -0.39 is 24.2 Å². The first-order valence-electron chi connectivity index (χ1n) is 10.1. The van der Waals surface area contributed by atoms with E-state index in [4.69, 9.17) is 0 Å². The molecule has 0 bridgehead atoms. The van der Waals surface area contributed by atoms with Crippen molar-refractivity contribution in [2.75, 3.05) is 5.32 Å². The first-order chi connectivity index (χ1) is 14.8. The Balaban J connectivity index is 1.61. The number of hydrogen-bond acceptors (Lipinski definition) is 4. The van der Waals surface area contributed by atoms with E-state index in [-0.39, 0.29) is 17.8 Å². The van der Waals surface area contributed by atoms with E-state index in [9.17, 15) is 18.0 Å². The Labute approximate surface area is 182 Å². The minimum Gasteiger partial charge on any atom is -0.363 e. The van der Waals surface area contributed by atoms with Crippen LogP contribution in [0.3, 0.4) is 0 Å². The predicted octanol–water partition coefficient (Wildman–Crippen LogP) is 5.41. The normalized spacial score (nSPS) is 18.4. The molecule has 0 radical (unpaired) electrons. The van der Waals surface area contributed by atoms with E-state index in [2.05, 4.69) is 15.7 Å². The molecule has 0 unspecified atom stereocenters. The van der Waals surface area contributed by atoms with Gasteiger partial charge in [-0.15, -0.1) is 11.3 Å². The van der Waals surface area contributed by atoms with Gasteiger partial charge in [0.25, 0.3) is 5.91 Å². The molecule has 0 spiro atoms. The van der Waals surface area contributed by atoms with Gasteiger partial charge in [-0.2, -0.15) is 18.3 Å². The average molecular weight is 449 g/mol. The highest BCUT2D eigenvalue weighted by molar-refractivity contribution is 7.11. The molecule has 9 heteroatoms. The van der Waals surface area contributed by atoms with Crippen LogP contribution in [0.5, 0.6) is 0 Å². The molecule has 0 fully saturated rings. The second-order valence-electron chi connectivity index (χ2n) is 7.63. The van der Waals surface area contributed by atoms with Gasteiger partial charge in [-0.1, -0.05) is 31.2 Å². The summed E-state index contributed by atoms with van der Waals surface area (Å²) in [4.78, 5) is 14.9. The summed E-state index contributed by atoms with van der Waals surface area (Å²) in [6, 6.07) is 9.02. The van der Waals surface area contributed by atoms with Crippen molar-refractivity contribution < 1.29 is 18.0 Å². The molecule has 2 aromatic heterocycles. The highest BCUT2D eigenvalue weighted by Crippen LogP contribution is 2.44. The third-order valence-electron chi connectivity index (χ3n) is 5.49. The summed E-state index contributed by atoms with van der Waals surface area (Å²) in [5.74, 6) is -0.360. The van der Waals surface area contributed by atoms with Crippen molar-refractivity contribution in [2.24, 2.45) is 0 Å². The van der Waals surface area contributed by atoms with E-state index in [1.807, 2.05) is 50.2 Å².